The lowest BCUT2D eigenvalue weighted by atomic mass is 10.0. The Morgan fingerprint density at radius 2 is 2.18 bits per heavy atom. The van der Waals surface area contributed by atoms with Crippen LogP contribution in [-0.2, 0) is 6.42 Å². The Kier molecular flexibility index (Phi) is 6.30. The lowest BCUT2D eigenvalue weighted by Gasteiger charge is -2.16. The summed E-state index contributed by atoms with van der Waals surface area (Å²) in [7, 11) is 1.95. The standard InChI is InChI=1S/C11H19N3OS.ClH/c1-8(12-2)7-10-13-11(15-14-10)9-3-5-16-6-4-9;/h8-9,12H,3-7H2,1-2H3;1H. The molecule has 1 atom stereocenters. The molecule has 0 aliphatic carbocycles. The van der Waals surface area contributed by atoms with E-state index in [-0.39, 0.29) is 12.4 Å². The van der Waals surface area contributed by atoms with Crippen molar-refractivity contribution in [3.8, 4) is 0 Å². The quantitative estimate of drug-likeness (QED) is 0.915. The molecule has 0 bridgehead atoms. The third-order valence-corrected chi connectivity index (χ3v) is 4.08. The summed E-state index contributed by atoms with van der Waals surface area (Å²) in [4.78, 5) is 4.49. The molecule has 1 aromatic rings. The molecule has 2 rings (SSSR count). The van der Waals surface area contributed by atoms with Crippen LogP contribution >= 0.6 is 24.2 Å². The van der Waals surface area contributed by atoms with Crippen LogP contribution in [0.25, 0.3) is 0 Å². The molecule has 0 saturated carbocycles. The van der Waals surface area contributed by atoms with Crippen LogP contribution in [0.4, 0.5) is 0 Å². The number of thioether (sulfide) groups is 1. The average Bonchev–Trinajstić information content (AvgIpc) is 2.78. The van der Waals surface area contributed by atoms with E-state index in [1.54, 1.807) is 0 Å². The minimum Gasteiger partial charge on any atom is -0.339 e. The SMILES string of the molecule is CNC(C)Cc1noc(C2CCSCC2)n1.Cl. The second kappa shape index (κ2) is 7.24. The van der Waals surface area contributed by atoms with Crippen LogP contribution in [0.2, 0.25) is 0 Å². The van der Waals surface area contributed by atoms with Crippen LogP contribution in [-0.4, -0.2) is 34.7 Å². The summed E-state index contributed by atoms with van der Waals surface area (Å²) in [6.45, 7) is 2.12. The molecule has 4 nitrogen and oxygen atoms in total. The van der Waals surface area contributed by atoms with Crippen LogP contribution < -0.4 is 5.32 Å². The van der Waals surface area contributed by atoms with E-state index < -0.39 is 0 Å². The van der Waals surface area contributed by atoms with Crippen LogP contribution in [0.5, 0.6) is 0 Å². The molecule has 0 aromatic carbocycles. The lowest BCUT2D eigenvalue weighted by Crippen LogP contribution is -2.24. The zero-order valence-electron chi connectivity index (χ0n) is 10.3. The van der Waals surface area contributed by atoms with Gasteiger partial charge in [-0.2, -0.15) is 16.7 Å². The first-order valence-corrected chi connectivity index (χ1v) is 7.02. The van der Waals surface area contributed by atoms with Gasteiger partial charge >= 0.3 is 0 Å². The van der Waals surface area contributed by atoms with Crippen molar-refractivity contribution in [2.75, 3.05) is 18.6 Å². The normalized spacial score (nSPS) is 18.7. The Morgan fingerprint density at radius 1 is 1.47 bits per heavy atom. The van der Waals surface area contributed by atoms with Gasteiger partial charge in [0.2, 0.25) is 5.89 Å². The predicted molar refractivity (Wildman–Crippen MR) is 73.1 cm³/mol. The minimum atomic E-state index is 0. The third-order valence-electron chi connectivity index (χ3n) is 3.04. The number of hydrogen-bond donors (Lipinski definition) is 1. The van der Waals surface area contributed by atoms with E-state index in [9.17, 15) is 0 Å². The number of aromatic nitrogens is 2. The first kappa shape index (κ1) is 14.8. The van der Waals surface area contributed by atoms with Gasteiger partial charge in [0.15, 0.2) is 5.82 Å². The number of nitrogens with zero attached hydrogens (tertiary/aromatic N) is 2. The van der Waals surface area contributed by atoms with Crippen molar-refractivity contribution < 1.29 is 4.52 Å². The highest BCUT2D eigenvalue weighted by molar-refractivity contribution is 7.99. The molecule has 1 saturated heterocycles. The van der Waals surface area contributed by atoms with Gasteiger partial charge in [-0.25, -0.2) is 0 Å². The third kappa shape index (κ3) is 4.16. The molecule has 1 N–H and O–H groups in total. The molecule has 1 aliphatic heterocycles. The molecule has 2 heterocycles. The molecular weight excluding hydrogens is 258 g/mol. The van der Waals surface area contributed by atoms with Gasteiger partial charge in [0.25, 0.3) is 0 Å². The Labute approximate surface area is 113 Å². The fourth-order valence-corrected chi connectivity index (χ4v) is 2.94. The van der Waals surface area contributed by atoms with Crippen molar-refractivity contribution in [2.45, 2.75) is 38.1 Å². The minimum absolute atomic E-state index is 0. The van der Waals surface area contributed by atoms with Crippen molar-refractivity contribution >= 4 is 24.2 Å². The van der Waals surface area contributed by atoms with E-state index in [0.717, 1.165) is 18.1 Å². The van der Waals surface area contributed by atoms with Gasteiger partial charge in [-0.15, -0.1) is 12.4 Å². The molecule has 0 amide bonds. The maximum Gasteiger partial charge on any atom is 0.229 e. The Hall–Kier alpha value is -0.260. The lowest BCUT2D eigenvalue weighted by molar-refractivity contribution is 0.341. The summed E-state index contributed by atoms with van der Waals surface area (Å²) in [5.41, 5.74) is 0. The zero-order chi connectivity index (χ0) is 11.4. The average molecular weight is 278 g/mol. The highest BCUT2D eigenvalue weighted by atomic mass is 35.5. The first-order chi connectivity index (χ1) is 7.79. The molecule has 1 fully saturated rings. The molecule has 98 valence electrons. The van der Waals surface area contributed by atoms with E-state index in [1.165, 1.54) is 24.3 Å². The van der Waals surface area contributed by atoms with Crippen molar-refractivity contribution in [1.82, 2.24) is 15.5 Å². The van der Waals surface area contributed by atoms with Gasteiger partial charge in [-0.05, 0) is 38.3 Å². The number of nitrogens with one attached hydrogen (secondary N) is 1. The van der Waals surface area contributed by atoms with Crippen molar-refractivity contribution in [2.24, 2.45) is 0 Å². The first-order valence-electron chi connectivity index (χ1n) is 5.87. The van der Waals surface area contributed by atoms with Gasteiger partial charge in [0, 0.05) is 18.4 Å². The number of halogens is 1. The van der Waals surface area contributed by atoms with E-state index in [0.29, 0.717) is 12.0 Å². The molecule has 0 radical (unpaired) electrons. The second-order valence-corrected chi connectivity index (χ2v) is 5.55. The topological polar surface area (TPSA) is 51.0 Å². The van der Waals surface area contributed by atoms with Crippen LogP contribution in [0.15, 0.2) is 4.52 Å². The van der Waals surface area contributed by atoms with Crippen molar-refractivity contribution in [1.29, 1.82) is 0 Å². The van der Waals surface area contributed by atoms with Crippen LogP contribution in [0, 0.1) is 0 Å². The summed E-state index contributed by atoms with van der Waals surface area (Å²) in [6.07, 6.45) is 3.18. The van der Waals surface area contributed by atoms with Gasteiger partial charge in [0.05, 0.1) is 0 Å². The monoisotopic (exact) mass is 277 g/mol. The van der Waals surface area contributed by atoms with Gasteiger partial charge in [-0.1, -0.05) is 5.16 Å². The summed E-state index contributed by atoms with van der Waals surface area (Å²) in [6, 6.07) is 0.396. The van der Waals surface area contributed by atoms with Gasteiger partial charge < -0.3 is 9.84 Å². The highest BCUT2D eigenvalue weighted by Gasteiger charge is 2.21. The van der Waals surface area contributed by atoms with Crippen LogP contribution in [0.1, 0.15) is 37.4 Å². The van der Waals surface area contributed by atoms with E-state index >= 15 is 0 Å². The second-order valence-electron chi connectivity index (χ2n) is 4.33. The fraction of sp³-hybridized carbons (Fsp3) is 0.818. The van der Waals surface area contributed by atoms with Gasteiger partial charge in [-0.3, -0.25) is 0 Å². The van der Waals surface area contributed by atoms with E-state index in [4.69, 9.17) is 4.52 Å². The Bertz CT molecular complexity index is 328. The fourth-order valence-electron chi connectivity index (χ4n) is 1.84. The largest absolute Gasteiger partial charge is 0.339 e. The number of likely N-dealkylation sites (N-methyl/N-ethyl adjacent to an activating group) is 1. The molecule has 17 heavy (non-hydrogen) atoms. The smallest absolute Gasteiger partial charge is 0.229 e. The summed E-state index contributed by atoms with van der Waals surface area (Å²) in [5, 5.41) is 7.22. The van der Waals surface area contributed by atoms with E-state index in [2.05, 4.69) is 22.4 Å². The number of hydrogen-bond acceptors (Lipinski definition) is 5. The Morgan fingerprint density at radius 3 is 2.82 bits per heavy atom. The van der Waals surface area contributed by atoms with E-state index in [1.807, 2.05) is 18.8 Å². The van der Waals surface area contributed by atoms with Crippen molar-refractivity contribution in [3.05, 3.63) is 11.7 Å². The molecule has 1 aliphatic rings. The van der Waals surface area contributed by atoms with Gasteiger partial charge in [0.1, 0.15) is 0 Å². The summed E-state index contributed by atoms with van der Waals surface area (Å²) < 4.78 is 5.35. The summed E-state index contributed by atoms with van der Waals surface area (Å²) in [5.74, 6) is 4.60. The molecule has 1 unspecified atom stereocenters. The zero-order valence-corrected chi connectivity index (χ0v) is 11.9. The number of rotatable bonds is 4. The Balaban J connectivity index is 0.00000144. The molecule has 1 aromatic heterocycles. The molecule has 6 heteroatoms. The molecular formula is C11H20ClN3OS. The highest BCUT2D eigenvalue weighted by Crippen LogP contribution is 2.30. The maximum atomic E-state index is 5.35. The van der Waals surface area contributed by atoms with Crippen molar-refractivity contribution in [3.63, 3.8) is 0 Å². The maximum absolute atomic E-state index is 5.35. The predicted octanol–water partition coefficient (Wildman–Crippen LogP) is 2.25. The molecule has 0 spiro atoms. The van der Waals surface area contributed by atoms with Crippen LogP contribution in [0.3, 0.4) is 0 Å². The summed E-state index contributed by atoms with van der Waals surface area (Å²) >= 11 is 2.01.